The van der Waals surface area contributed by atoms with Gasteiger partial charge in [0.05, 0.1) is 0 Å². The number of hydrogen-bond acceptors (Lipinski definition) is 3. The van der Waals surface area contributed by atoms with Crippen molar-refractivity contribution in [1.29, 1.82) is 0 Å². The van der Waals surface area contributed by atoms with Gasteiger partial charge in [0.2, 0.25) is 0 Å². The zero-order chi connectivity index (χ0) is 10.5. The van der Waals surface area contributed by atoms with Gasteiger partial charge in [-0.15, -0.1) is 10.2 Å². The van der Waals surface area contributed by atoms with Gasteiger partial charge in [0, 0.05) is 24.9 Å². The zero-order valence-electron chi connectivity index (χ0n) is 9.24. The number of aryl methyl sites for hydroxylation is 2. The standard InChI is InChI=1S/C11H18N4/c1-2-9-13-14-10-4-3-8(7-15(9)10)11(12)5-6-11/h8H,2-7,12H2,1H3. The largest absolute Gasteiger partial charge is 0.325 e. The van der Waals surface area contributed by atoms with Crippen molar-refractivity contribution in [2.75, 3.05) is 0 Å². The molecule has 1 aliphatic carbocycles. The Kier molecular flexibility index (Phi) is 1.89. The fourth-order valence-electron chi connectivity index (χ4n) is 2.67. The molecule has 82 valence electrons. The molecule has 0 saturated heterocycles. The molecule has 1 aromatic heterocycles. The lowest BCUT2D eigenvalue weighted by atomic mass is 9.90. The molecule has 0 bridgehead atoms. The first-order valence-corrected chi connectivity index (χ1v) is 5.93. The van der Waals surface area contributed by atoms with Gasteiger partial charge >= 0.3 is 0 Å². The molecule has 0 amide bonds. The van der Waals surface area contributed by atoms with Crippen LogP contribution in [0.25, 0.3) is 0 Å². The van der Waals surface area contributed by atoms with Gasteiger partial charge in [-0.05, 0) is 25.2 Å². The average Bonchev–Trinajstić information content (AvgIpc) is 2.88. The maximum atomic E-state index is 6.28. The molecule has 1 unspecified atom stereocenters. The molecule has 2 aliphatic rings. The van der Waals surface area contributed by atoms with Gasteiger partial charge in [0.25, 0.3) is 0 Å². The van der Waals surface area contributed by atoms with Gasteiger partial charge < -0.3 is 10.3 Å². The van der Waals surface area contributed by atoms with Gasteiger partial charge in [0.1, 0.15) is 11.6 Å². The molecule has 0 radical (unpaired) electrons. The van der Waals surface area contributed by atoms with Gasteiger partial charge in [0.15, 0.2) is 0 Å². The Morgan fingerprint density at radius 2 is 2.27 bits per heavy atom. The quantitative estimate of drug-likeness (QED) is 0.782. The number of nitrogens with two attached hydrogens (primary N) is 1. The summed E-state index contributed by atoms with van der Waals surface area (Å²) in [7, 11) is 0. The summed E-state index contributed by atoms with van der Waals surface area (Å²) in [6.45, 7) is 3.18. The second kappa shape index (κ2) is 3.04. The molecule has 1 saturated carbocycles. The SMILES string of the molecule is CCc1nnc2n1CC(C1(N)CC1)CC2. The van der Waals surface area contributed by atoms with Crippen LogP contribution in [-0.2, 0) is 19.4 Å². The molecule has 15 heavy (non-hydrogen) atoms. The molecule has 4 nitrogen and oxygen atoms in total. The van der Waals surface area contributed by atoms with Crippen LogP contribution in [0, 0.1) is 5.92 Å². The molecule has 3 rings (SSSR count). The normalized spacial score (nSPS) is 27.5. The van der Waals surface area contributed by atoms with E-state index < -0.39 is 0 Å². The van der Waals surface area contributed by atoms with Crippen molar-refractivity contribution in [2.24, 2.45) is 11.7 Å². The van der Waals surface area contributed by atoms with Gasteiger partial charge in [-0.3, -0.25) is 0 Å². The minimum absolute atomic E-state index is 0.146. The highest BCUT2D eigenvalue weighted by Gasteiger charge is 2.46. The van der Waals surface area contributed by atoms with Crippen molar-refractivity contribution < 1.29 is 0 Å². The zero-order valence-corrected chi connectivity index (χ0v) is 9.24. The summed E-state index contributed by atoms with van der Waals surface area (Å²) < 4.78 is 2.29. The van der Waals surface area contributed by atoms with Crippen LogP contribution < -0.4 is 5.73 Å². The first-order chi connectivity index (χ1) is 7.23. The molecular weight excluding hydrogens is 188 g/mol. The van der Waals surface area contributed by atoms with Gasteiger partial charge in [-0.25, -0.2) is 0 Å². The third-order valence-corrected chi connectivity index (χ3v) is 3.98. The van der Waals surface area contributed by atoms with Crippen LogP contribution in [0.1, 0.15) is 37.8 Å². The molecule has 0 spiro atoms. The number of hydrogen-bond donors (Lipinski definition) is 1. The Balaban J connectivity index is 1.87. The van der Waals surface area contributed by atoms with E-state index in [-0.39, 0.29) is 5.54 Å². The van der Waals surface area contributed by atoms with Crippen LogP contribution in [-0.4, -0.2) is 20.3 Å². The lowest BCUT2D eigenvalue weighted by Gasteiger charge is -2.29. The fourth-order valence-corrected chi connectivity index (χ4v) is 2.67. The van der Waals surface area contributed by atoms with Gasteiger partial charge in [-0.2, -0.15) is 0 Å². The van der Waals surface area contributed by atoms with Crippen molar-refractivity contribution in [1.82, 2.24) is 14.8 Å². The van der Waals surface area contributed by atoms with E-state index in [4.69, 9.17) is 5.73 Å². The Hall–Kier alpha value is -0.900. The first-order valence-electron chi connectivity index (χ1n) is 5.93. The predicted octanol–water partition coefficient (Wildman–Crippen LogP) is 0.894. The number of aromatic nitrogens is 3. The number of fused-ring (bicyclic) bond motifs is 1. The molecule has 1 fully saturated rings. The smallest absolute Gasteiger partial charge is 0.133 e. The van der Waals surface area contributed by atoms with E-state index in [1.165, 1.54) is 19.3 Å². The average molecular weight is 206 g/mol. The minimum Gasteiger partial charge on any atom is -0.325 e. The number of rotatable bonds is 2. The summed E-state index contributed by atoms with van der Waals surface area (Å²) in [6, 6.07) is 0. The summed E-state index contributed by atoms with van der Waals surface area (Å²) >= 11 is 0. The lowest BCUT2D eigenvalue weighted by molar-refractivity contribution is 0.291. The van der Waals surface area contributed by atoms with Crippen LogP contribution in [0.3, 0.4) is 0 Å². The minimum atomic E-state index is 0.146. The van der Waals surface area contributed by atoms with Gasteiger partial charge in [-0.1, -0.05) is 6.92 Å². The van der Waals surface area contributed by atoms with Crippen molar-refractivity contribution in [2.45, 2.75) is 51.1 Å². The van der Waals surface area contributed by atoms with Crippen molar-refractivity contribution in [3.8, 4) is 0 Å². The molecule has 4 heteroatoms. The van der Waals surface area contributed by atoms with Crippen molar-refractivity contribution >= 4 is 0 Å². The maximum absolute atomic E-state index is 6.28. The molecule has 1 aliphatic heterocycles. The second-order valence-electron chi connectivity index (χ2n) is 4.97. The summed E-state index contributed by atoms with van der Waals surface area (Å²) in [6.07, 6.45) is 5.62. The van der Waals surface area contributed by atoms with Crippen LogP contribution in [0.15, 0.2) is 0 Å². The Morgan fingerprint density at radius 3 is 2.93 bits per heavy atom. The molecule has 2 heterocycles. The van der Waals surface area contributed by atoms with Crippen molar-refractivity contribution in [3.05, 3.63) is 11.6 Å². The highest BCUT2D eigenvalue weighted by Crippen LogP contribution is 2.43. The Bertz CT molecular complexity index is 364. The first kappa shape index (κ1) is 9.33. The van der Waals surface area contributed by atoms with E-state index in [2.05, 4.69) is 21.7 Å². The summed E-state index contributed by atoms with van der Waals surface area (Å²) in [5, 5.41) is 8.46. The monoisotopic (exact) mass is 206 g/mol. The van der Waals surface area contributed by atoms with Crippen molar-refractivity contribution in [3.63, 3.8) is 0 Å². The lowest BCUT2D eigenvalue weighted by Crippen LogP contribution is -2.38. The van der Waals surface area contributed by atoms with E-state index >= 15 is 0 Å². The van der Waals surface area contributed by atoms with E-state index in [1.54, 1.807) is 0 Å². The third-order valence-electron chi connectivity index (χ3n) is 3.98. The van der Waals surface area contributed by atoms with E-state index in [0.29, 0.717) is 5.92 Å². The summed E-state index contributed by atoms with van der Waals surface area (Å²) in [4.78, 5) is 0. The molecule has 1 aromatic rings. The van der Waals surface area contributed by atoms with E-state index in [0.717, 1.165) is 31.0 Å². The van der Waals surface area contributed by atoms with E-state index in [1.807, 2.05) is 0 Å². The highest BCUT2D eigenvalue weighted by atomic mass is 15.3. The fraction of sp³-hybridized carbons (Fsp3) is 0.818. The topological polar surface area (TPSA) is 56.7 Å². The van der Waals surface area contributed by atoms with Crippen LogP contribution in [0.4, 0.5) is 0 Å². The summed E-state index contributed by atoms with van der Waals surface area (Å²) in [5.74, 6) is 2.93. The maximum Gasteiger partial charge on any atom is 0.133 e. The second-order valence-corrected chi connectivity index (χ2v) is 4.97. The van der Waals surface area contributed by atoms with Crippen LogP contribution >= 0.6 is 0 Å². The Labute approximate surface area is 89.9 Å². The molecular formula is C11H18N4. The predicted molar refractivity (Wildman–Crippen MR) is 57.4 cm³/mol. The molecule has 1 atom stereocenters. The van der Waals surface area contributed by atoms with Crippen LogP contribution in [0.2, 0.25) is 0 Å². The van der Waals surface area contributed by atoms with E-state index in [9.17, 15) is 0 Å². The summed E-state index contributed by atoms with van der Waals surface area (Å²) in [5.41, 5.74) is 6.43. The van der Waals surface area contributed by atoms with Crippen LogP contribution in [0.5, 0.6) is 0 Å². The molecule has 0 aromatic carbocycles. The number of nitrogens with zero attached hydrogens (tertiary/aromatic N) is 3. The third kappa shape index (κ3) is 1.39. The molecule has 2 N–H and O–H groups in total. The Morgan fingerprint density at radius 1 is 1.47 bits per heavy atom. The highest BCUT2D eigenvalue weighted by molar-refractivity contribution is 5.09.